The highest BCUT2D eigenvalue weighted by Gasteiger charge is 2.24. The molecule has 3 rings (SSSR count). The number of ether oxygens (including phenoxy) is 1. The van der Waals surface area contributed by atoms with Crippen LogP contribution < -0.4 is 10.1 Å². The van der Waals surface area contributed by atoms with E-state index in [-0.39, 0.29) is 11.9 Å². The normalized spacial score (nSPS) is 17.4. The molecular weight excluding hydrogens is 310 g/mol. The van der Waals surface area contributed by atoms with Crippen molar-refractivity contribution in [2.45, 2.75) is 12.5 Å². The molecule has 0 aliphatic carbocycles. The summed E-state index contributed by atoms with van der Waals surface area (Å²) < 4.78 is 11.6. The van der Waals surface area contributed by atoms with Gasteiger partial charge in [0.25, 0.3) is 5.91 Å². The van der Waals surface area contributed by atoms with E-state index in [9.17, 15) is 4.79 Å². The van der Waals surface area contributed by atoms with Crippen molar-refractivity contribution in [1.29, 1.82) is 0 Å². The first-order chi connectivity index (χ1) is 9.24. The van der Waals surface area contributed by atoms with Gasteiger partial charge in [-0.3, -0.25) is 4.79 Å². The van der Waals surface area contributed by atoms with E-state index in [0.29, 0.717) is 12.4 Å². The van der Waals surface area contributed by atoms with Gasteiger partial charge in [-0.2, -0.15) is 0 Å². The van der Waals surface area contributed by atoms with Gasteiger partial charge in [0, 0.05) is 16.5 Å². The lowest BCUT2D eigenvalue weighted by molar-refractivity contribution is 0.0896. The number of rotatable bonds is 2. The van der Waals surface area contributed by atoms with Crippen LogP contribution in [-0.4, -0.2) is 12.5 Å². The average Bonchev–Trinajstić information content (AvgIpc) is 2.93. The van der Waals surface area contributed by atoms with E-state index in [1.165, 1.54) is 6.26 Å². The molecule has 0 bridgehead atoms. The Balaban J connectivity index is 1.84. The number of carbonyl (C=O) groups is 1. The van der Waals surface area contributed by atoms with Crippen molar-refractivity contribution in [3.05, 3.63) is 52.4 Å². The van der Waals surface area contributed by atoms with Crippen molar-refractivity contribution in [3.63, 3.8) is 0 Å². The molecule has 1 atom stereocenters. The Hall–Kier alpha value is -1.75. The largest absolute Gasteiger partial charge is 0.493 e. The summed E-state index contributed by atoms with van der Waals surface area (Å²) in [5, 5.41) is 2.97. The molecule has 0 fully saturated rings. The minimum Gasteiger partial charge on any atom is -0.493 e. The van der Waals surface area contributed by atoms with Crippen LogP contribution >= 0.6 is 15.9 Å². The standard InChI is InChI=1S/C14H12BrNO3/c15-9-3-4-12-10(8-9)11(5-7-19-12)16-14(17)13-2-1-6-18-13/h1-4,6,8,11H,5,7H2,(H,16,17)/t11-/m0/s1. The number of hydrogen-bond acceptors (Lipinski definition) is 3. The molecule has 1 aromatic carbocycles. The molecule has 0 saturated heterocycles. The zero-order valence-electron chi connectivity index (χ0n) is 10.1. The number of nitrogens with one attached hydrogen (secondary N) is 1. The van der Waals surface area contributed by atoms with Gasteiger partial charge in [-0.05, 0) is 30.3 Å². The molecule has 0 saturated carbocycles. The van der Waals surface area contributed by atoms with Crippen LogP contribution in [0.3, 0.4) is 0 Å². The summed E-state index contributed by atoms with van der Waals surface area (Å²) in [6, 6.07) is 9.10. The predicted molar refractivity (Wildman–Crippen MR) is 73.2 cm³/mol. The minimum absolute atomic E-state index is 0.0566. The third-order valence-corrected chi connectivity index (χ3v) is 3.55. The zero-order valence-corrected chi connectivity index (χ0v) is 11.6. The summed E-state index contributed by atoms with van der Waals surface area (Å²) >= 11 is 3.44. The lowest BCUT2D eigenvalue weighted by atomic mass is 10.0. The lowest BCUT2D eigenvalue weighted by Gasteiger charge is -2.26. The maximum Gasteiger partial charge on any atom is 0.287 e. The highest BCUT2D eigenvalue weighted by atomic mass is 79.9. The SMILES string of the molecule is O=C(N[C@H]1CCOc2ccc(Br)cc21)c1ccco1. The summed E-state index contributed by atoms with van der Waals surface area (Å²) in [6.45, 7) is 0.595. The molecule has 1 amide bonds. The molecule has 4 nitrogen and oxygen atoms in total. The highest BCUT2D eigenvalue weighted by Crippen LogP contribution is 2.34. The summed E-state index contributed by atoms with van der Waals surface area (Å²) in [6.07, 6.45) is 2.24. The van der Waals surface area contributed by atoms with Crippen LogP contribution in [0.2, 0.25) is 0 Å². The molecule has 1 aromatic heterocycles. The first-order valence-electron chi connectivity index (χ1n) is 6.00. The van der Waals surface area contributed by atoms with Gasteiger partial charge < -0.3 is 14.5 Å². The van der Waals surface area contributed by atoms with Gasteiger partial charge in [-0.25, -0.2) is 0 Å². The number of hydrogen-bond donors (Lipinski definition) is 1. The van der Waals surface area contributed by atoms with E-state index in [1.54, 1.807) is 12.1 Å². The molecule has 0 unspecified atom stereocenters. The molecular formula is C14H12BrNO3. The van der Waals surface area contributed by atoms with E-state index < -0.39 is 0 Å². The van der Waals surface area contributed by atoms with Gasteiger partial charge in [-0.15, -0.1) is 0 Å². The van der Waals surface area contributed by atoms with Gasteiger partial charge in [0.1, 0.15) is 5.75 Å². The number of benzene rings is 1. The molecule has 1 aliphatic rings. The second kappa shape index (κ2) is 5.09. The van der Waals surface area contributed by atoms with Crippen molar-refractivity contribution in [2.75, 3.05) is 6.61 Å². The Labute approximate surface area is 118 Å². The van der Waals surface area contributed by atoms with Crippen LogP contribution in [0.25, 0.3) is 0 Å². The van der Waals surface area contributed by atoms with Crippen LogP contribution in [-0.2, 0) is 0 Å². The first-order valence-corrected chi connectivity index (χ1v) is 6.80. The molecule has 98 valence electrons. The predicted octanol–water partition coefficient (Wildman–Crippen LogP) is 3.30. The Kier molecular flexibility index (Phi) is 3.29. The maximum atomic E-state index is 12.0. The van der Waals surface area contributed by atoms with Gasteiger partial charge in [0.2, 0.25) is 0 Å². The molecule has 19 heavy (non-hydrogen) atoms. The quantitative estimate of drug-likeness (QED) is 0.923. The molecule has 1 aliphatic heterocycles. The fourth-order valence-corrected chi connectivity index (χ4v) is 2.53. The Morgan fingerprint density at radius 3 is 3.05 bits per heavy atom. The number of carbonyl (C=O) groups excluding carboxylic acids is 1. The molecule has 2 heterocycles. The Morgan fingerprint density at radius 2 is 2.26 bits per heavy atom. The topological polar surface area (TPSA) is 51.5 Å². The molecule has 1 N–H and O–H groups in total. The molecule has 5 heteroatoms. The summed E-state index contributed by atoms with van der Waals surface area (Å²) in [4.78, 5) is 12.0. The van der Waals surface area contributed by atoms with E-state index in [4.69, 9.17) is 9.15 Å². The van der Waals surface area contributed by atoms with Crippen molar-refractivity contribution < 1.29 is 13.9 Å². The van der Waals surface area contributed by atoms with Crippen LogP contribution in [0.1, 0.15) is 28.6 Å². The van der Waals surface area contributed by atoms with Gasteiger partial charge in [0.15, 0.2) is 5.76 Å². The summed E-state index contributed by atoms with van der Waals surface area (Å²) in [5.41, 5.74) is 0.987. The molecule has 0 radical (unpaired) electrons. The van der Waals surface area contributed by atoms with E-state index in [0.717, 1.165) is 22.2 Å². The summed E-state index contributed by atoms with van der Waals surface area (Å²) in [7, 11) is 0. The van der Waals surface area contributed by atoms with Gasteiger partial charge in [0.05, 0.1) is 18.9 Å². The van der Waals surface area contributed by atoms with Crippen molar-refractivity contribution in [1.82, 2.24) is 5.32 Å². The van der Waals surface area contributed by atoms with Crippen LogP contribution in [0.5, 0.6) is 5.75 Å². The van der Waals surface area contributed by atoms with Crippen LogP contribution in [0, 0.1) is 0 Å². The van der Waals surface area contributed by atoms with Crippen LogP contribution in [0.15, 0.2) is 45.5 Å². The highest BCUT2D eigenvalue weighted by molar-refractivity contribution is 9.10. The van der Waals surface area contributed by atoms with Crippen LogP contribution in [0.4, 0.5) is 0 Å². The number of furan rings is 1. The van der Waals surface area contributed by atoms with Gasteiger partial charge >= 0.3 is 0 Å². The van der Waals surface area contributed by atoms with E-state index in [1.807, 2.05) is 18.2 Å². The van der Waals surface area contributed by atoms with E-state index in [2.05, 4.69) is 21.2 Å². The van der Waals surface area contributed by atoms with Gasteiger partial charge in [-0.1, -0.05) is 15.9 Å². The second-order valence-electron chi connectivity index (χ2n) is 4.32. The Morgan fingerprint density at radius 1 is 1.37 bits per heavy atom. The minimum atomic E-state index is -0.206. The second-order valence-corrected chi connectivity index (χ2v) is 5.24. The monoisotopic (exact) mass is 321 g/mol. The van der Waals surface area contributed by atoms with E-state index >= 15 is 0 Å². The van der Waals surface area contributed by atoms with Crippen molar-refractivity contribution >= 4 is 21.8 Å². The maximum absolute atomic E-state index is 12.0. The zero-order chi connectivity index (χ0) is 13.2. The first kappa shape index (κ1) is 12.3. The Bertz CT molecular complexity index is 595. The number of fused-ring (bicyclic) bond motifs is 1. The number of halogens is 1. The average molecular weight is 322 g/mol. The lowest BCUT2D eigenvalue weighted by Crippen LogP contribution is -2.31. The fourth-order valence-electron chi connectivity index (χ4n) is 2.15. The smallest absolute Gasteiger partial charge is 0.287 e. The number of amides is 1. The summed E-state index contributed by atoms with van der Waals surface area (Å²) in [5.74, 6) is 0.935. The van der Waals surface area contributed by atoms with Crippen molar-refractivity contribution in [2.24, 2.45) is 0 Å². The van der Waals surface area contributed by atoms with Crippen molar-refractivity contribution in [3.8, 4) is 5.75 Å². The fraction of sp³-hybridized carbons (Fsp3) is 0.214. The molecule has 0 spiro atoms. The third-order valence-electron chi connectivity index (χ3n) is 3.06. The molecule has 2 aromatic rings. The third kappa shape index (κ3) is 2.51.